The number of aliphatic hydroxyl groups is 1. The zero-order valence-corrected chi connectivity index (χ0v) is 21.4. The minimum absolute atomic E-state index is 0.213. The molecule has 190 valence electrons. The monoisotopic (exact) mass is 517 g/mol. The first-order chi connectivity index (χ1) is 17.8. The van der Waals surface area contributed by atoms with Gasteiger partial charge in [-0.3, -0.25) is 0 Å². The highest BCUT2D eigenvalue weighted by Gasteiger charge is 2.22. The number of imidazole rings is 1. The van der Waals surface area contributed by atoms with Crippen molar-refractivity contribution in [3.63, 3.8) is 0 Å². The van der Waals surface area contributed by atoms with Crippen LogP contribution < -0.4 is 15.5 Å². The quantitative estimate of drug-likeness (QED) is 0.330. The third-order valence-electron chi connectivity index (χ3n) is 6.24. The van der Waals surface area contributed by atoms with Crippen molar-refractivity contribution in [2.45, 2.75) is 44.8 Å². The van der Waals surface area contributed by atoms with Crippen molar-refractivity contribution >= 4 is 40.5 Å². The zero-order chi connectivity index (χ0) is 26.0. The molecule has 1 aliphatic heterocycles. The molecular weight excluding hydrogens is 490 g/mol. The Morgan fingerprint density at radius 1 is 1.14 bits per heavy atom. The number of rotatable bonds is 7. The van der Waals surface area contributed by atoms with Crippen LogP contribution in [0.5, 0.6) is 0 Å². The van der Waals surface area contributed by atoms with Gasteiger partial charge in [0, 0.05) is 61.6 Å². The molecule has 0 aromatic carbocycles. The molecular formula is C26H28ClN9O. The van der Waals surface area contributed by atoms with Crippen molar-refractivity contribution < 1.29 is 5.11 Å². The van der Waals surface area contributed by atoms with Crippen LogP contribution in [0.4, 0.5) is 23.3 Å². The van der Waals surface area contributed by atoms with Crippen LogP contribution in [-0.2, 0) is 6.42 Å². The minimum Gasteiger partial charge on any atom is -0.390 e. The van der Waals surface area contributed by atoms with E-state index in [1.165, 1.54) is 0 Å². The summed E-state index contributed by atoms with van der Waals surface area (Å²) in [4.78, 5) is 20.0. The molecule has 5 heterocycles. The molecule has 1 aliphatic rings. The molecule has 0 aliphatic carbocycles. The summed E-state index contributed by atoms with van der Waals surface area (Å²) in [5.74, 6) is 1.90. The van der Waals surface area contributed by atoms with Gasteiger partial charge in [-0.1, -0.05) is 11.6 Å². The third-order valence-corrected chi connectivity index (χ3v) is 6.52. The topological polar surface area (TPSA) is 127 Å². The Balaban J connectivity index is 1.23. The highest BCUT2D eigenvalue weighted by Crippen LogP contribution is 2.26. The molecule has 10 nitrogen and oxygen atoms in total. The average Bonchev–Trinajstić information content (AvgIpc) is 3.27. The van der Waals surface area contributed by atoms with Crippen LogP contribution in [0, 0.1) is 11.3 Å². The number of fused-ring (bicyclic) bond motifs is 1. The van der Waals surface area contributed by atoms with Gasteiger partial charge >= 0.3 is 0 Å². The van der Waals surface area contributed by atoms with Crippen LogP contribution in [0.2, 0.25) is 5.02 Å². The van der Waals surface area contributed by atoms with Gasteiger partial charge < -0.3 is 25.0 Å². The predicted octanol–water partition coefficient (Wildman–Crippen LogP) is 4.18. The Morgan fingerprint density at radius 3 is 2.65 bits per heavy atom. The van der Waals surface area contributed by atoms with Gasteiger partial charge in [-0.25, -0.2) is 15.0 Å². The maximum absolute atomic E-state index is 10.1. The smallest absolute Gasteiger partial charge is 0.229 e. The van der Waals surface area contributed by atoms with Crippen LogP contribution in [0.15, 0.2) is 49.1 Å². The van der Waals surface area contributed by atoms with Crippen LogP contribution in [0.3, 0.4) is 0 Å². The van der Waals surface area contributed by atoms with E-state index in [4.69, 9.17) is 16.9 Å². The average molecular weight is 518 g/mol. The van der Waals surface area contributed by atoms with E-state index < -0.39 is 5.60 Å². The lowest BCUT2D eigenvalue weighted by atomic mass is 10.0. The van der Waals surface area contributed by atoms with Gasteiger partial charge in [0.15, 0.2) is 5.82 Å². The molecule has 4 aromatic rings. The molecule has 3 N–H and O–H groups in total. The van der Waals surface area contributed by atoms with Gasteiger partial charge in [0.2, 0.25) is 5.95 Å². The Labute approximate surface area is 220 Å². The fraction of sp³-hybridized carbons (Fsp3) is 0.346. The summed E-state index contributed by atoms with van der Waals surface area (Å²) in [5.41, 5.74) is 2.24. The zero-order valence-electron chi connectivity index (χ0n) is 20.7. The second kappa shape index (κ2) is 10.2. The Kier molecular flexibility index (Phi) is 6.82. The van der Waals surface area contributed by atoms with Crippen molar-refractivity contribution in [3.8, 4) is 6.07 Å². The summed E-state index contributed by atoms with van der Waals surface area (Å²) in [5, 5.41) is 26.3. The van der Waals surface area contributed by atoms with E-state index in [2.05, 4.69) is 41.5 Å². The van der Waals surface area contributed by atoms with Gasteiger partial charge in [0.1, 0.15) is 22.6 Å². The molecule has 11 heteroatoms. The normalized spacial score (nSPS) is 14.5. The summed E-state index contributed by atoms with van der Waals surface area (Å²) >= 11 is 6.41. The number of halogens is 1. The van der Waals surface area contributed by atoms with Gasteiger partial charge in [0.05, 0.1) is 17.4 Å². The van der Waals surface area contributed by atoms with Gasteiger partial charge in [-0.2, -0.15) is 10.2 Å². The first-order valence-corrected chi connectivity index (χ1v) is 12.5. The van der Waals surface area contributed by atoms with E-state index in [9.17, 15) is 5.11 Å². The lowest BCUT2D eigenvalue weighted by Crippen LogP contribution is -2.39. The van der Waals surface area contributed by atoms with Crippen LogP contribution in [0.25, 0.3) is 5.65 Å². The molecule has 0 spiro atoms. The predicted molar refractivity (Wildman–Crippen MR) is 143 cm³/mol. The first-order valence-electron chi connectivity index (χ1n) is 12.1. The van der Waals surface area contributed by atoms with Crippen LogP contribution >= 0.6 is 11.6 Å². The van der Waals surface area contributed by atoms with Gasteiger partial charge in [-0.15, -0.1) is 0 Å². The second-order valence-corrected chi connectivity index (χ2v) is 10.2. The van der Waals surface area contributed by atoms with Gasteiger partial charge in [0.25, 0.3) is 0 Å². The van der Waals surface area contributed by atoms with Crippen molar-refractivity contribution in [1.82, 2.24) is 24.3 Å². The standard InChI is InChI=1S/C26H28ClN9O/c1-26(2,37)12-20-15-30-23-11-19(7-10-36(20)23)33-25-31-16-21(27)24(34-25)32-18-5-8-35(9-6-18)22-4-3-17(13-28)14-29-22/h3-4,7,10-11,14-16,18,37H,5-6,8-9,12H2,1-2H3,(H2,31,32,33,34). The lowest BCUT2D eigenvalue weighted by molar-refractivity contribution is 0.0797. The number of aromatic nitrogens is 5. The molecule has 1 fully saturated rings. The van der Waals surface area contributed by atoms with E-state index in [1.54, 1.807) is 38.5 Å². The number of nitrogens with one attached hydrogen (secondary N) is 2. The van der Waals surface area contributed by atoms with E-state index in [0.717, 1.165) is 48.8 Å². The van der Waals surface area contributed by atoms with Crippen molar-refractivity contribution in [1.29, 1.82) is 5.26 Å². The SMILES string of the molecule is CC(C)(O)Cc1cnc2cc(Nc3ncc(Cl)c(NC4CCN(c5ccc(C#N)cn5)CC4)n3)ccn12. The summed E-state index contributed by atoms with van der Waals surface area (Å²) in [6, 6.07) is 9.82. The lowest BCUT2D eigenvalue weighted by Gasteiger charge is -2.33. The number of nitrogens with zero attached hydrogens (tertiary/aromatic N) is 7. The molecule has 0 radical (unpaired) electrons. The van der Waals surface area contributed by atoms with Crippen molar-refractivity contribution in [2.75, 3.05) is 28.6 Å². The molecule has 4 aromatic heterocycles. The number of pyridine rings is 2. The number of piperidine rings is 1. The number of nitriles is 1. The molecule has 5 rings (SSSR count). The molecule has 0 amide bonds. The Bertz CT molecular complexity index is 1430. The van der Waals surface area contributed by atoms with Crippen LogP contribution in [-0.4, -0.2) is 54.2 Å². The third kappa shape index (κ3) is 5.90. The number of hydrogen-bond acceptors (Lipinski definition) is 9. The maximum atomic E-state index is 10.1. The molecule has 1 saturated heterocycles. The second-order valence-electron chi connectivity index (χ2n) is 9.82. The number of hydrogen-bond donors (Lipinski definition) is 3. The Morgan fingerprint density at radius 2 is 1.95 bits per heavy atom. The highest BCUT2D eigenvalue weighted by atomic mass is 35.5. The van der Waals surface area contributed by atoms with Crippen molar-refractivity contribution in [3.05, 3.63) is 65.3 Å². The fourth-order valence-corrected chi connectivity index (χ4v) is 4.57. The number of anilines is 4. The fourth-order valence-electron chi connectivity index (χ4n) is 4.43. The van der Waals surface area contributed by atoms with Crippen LogP contribution in [0.1, 0.15) is 37.9 Å². The molecule has 0 saturated carbocycles. The highest BCUT2D eigenvalue weighted by molar-refractivity contribution is 6.32. The minimum atomic E-state index is -0.815. The molecule has 0 bridgehead atoms. The maximum Gasteiger partial charge on any atom is 0.229 e. The van der Waals surface area contributed by atoms with E-state index in [0.29, 0.717) is 28.8 Å². The van der Waals surface area contributed by atoms with Crippen molar-refractivity contribution in [2.24, 2.45) is 0 Å². The summed E-state index contributed by atoms with van der Waals surface area (Å²) in [6.07, 6.45) is 9.18. The summed E-state index contributed by atoms with van der Waals surface area (Å²) < 4.78 is 1.96. The van der Waals surface area contributed by atoms with E-state index in [-0.39, 0.29) is 6.04 Å². The largest absolute Gasteiger partial charge is 0.390 e. The molecule has 0 unspecified atom stereocenters. The molecule has 37 heavy (non-hydrogen) atoms. The van der Waals surface area contributed by atoms with E-state index >= 15 is 0 Å². The summed E-state index contributed by atoms with van der Waals surface area (Å²) in [7, 11) is 0. The Hall–Kier alpha value is -3.94. The van der Waals surface area contributed by atoms with Gasteiger partial charge in [-0.05, 0) is 44.9 Å². The first kappa shape index (κ1) is 24.7. The molecule has 0 atom stereocenters. The summed E-state index contributed by atoms with van der Waals surface area (Å²) in [6.45, 7) is 5.23. The van der Waals surface area contributed by atoms with E-state index in [1.807, 2.05) is 28.8 Å².